The molecule has 0 saturated carbocycles. The topological polar surface area (TPSA) is 0 Å². The Morgan fingerprint density at radius 1 is 0.552 bits per heavy atom. The molecule has 29 heavy (non-hydrogen) atoms. The Kier molecular flexibility index (Phi) is 7.89. The molecular formula is C26H23B2F. The fourth-order valence-electron chi connectivity index (χ4n) is 3.12. The van der Waals surface area contributed by atoms with Crippen LogP contribution >= 0.6 is 0 Å². The Bertz CT molecular complexity index is 916. The highest BCUT2D eigenvalue weighted by molar-refractivity contribution is 6.55. The predicted molar refractivity (Wildman–Crippen MR) is 124 cm³/mol. The Labute approximate surface area is 174 Å². The largest absolute Gasteiger partial charge is 0.207 e. The Hall–Kier alpha value is -3.06. The third-order valence-electron chi connectivity index (χ3n) is 4.68. The van der Waals surface area contributed by atoms with Gasteiger partial charge in [0, 0.05) is 0 Å². The summed E-state index contributed by atoms with van der Waals surface area (Å²) in [5.74, 6) is 0.111. The summed E-state index contributed by atoms with van der Waals surface area (Å²) < 4.78 is 12.2. The van der Waals surface area contributed by atoms with Gasteiger partial charge in [0.1, 0.15) is 13.1 Å². The molecule has 0 aliphatic heterocycles. The van der Waals surface area contributed by atoms with E-state index in [1.54, 1.807) is 12.1 Å². The second-order valence-corrected chi connectivity index (χ2v) is 6.72. The molecule has 0 atom stereocenters. The predicted octanol–water partition coefficient (Wildman–Crippen LogP) is 5.01. The first kappa shape index (κ1) is 20.7. The van der Waals surface area contributed by atoms with E-state index >= 15 is 0 Å². The molecule has 140 valence electrons. The zero-order valence-corrected chi connectivity index (χ0v) is 16.6. The van der Waals surface area contributed by atoms with Gasteiger partial charge in [-0.3, -0.25) is 0 Å². The minimum absolute atomic E-state index is 0.180. The monoisotopic (exact) mass is 376 g/mol. The molecule has 4 aromatic carbocycles. The van der Waals surface area contributed by atoms with Gasteiger partial charge in [-0.25, -0.2) is 4.39 Å². The Morgan fingerprint density at radius 3 is 1.45 bits per heavy atom. The first-order valence-electron chi connectivity index (χ1n) is 9.81. The van der Waals surface area contributed by atoms with Crippen molar-refractivity contribution in [2.24, 2.45) is 0 Å². The van der Waals surface area contributed by atoms with Gasteiger partial charge in [0.15, 0.2) is 7.28 Å². The van der Waals surface area contributed by atoms with E-state index in [2.05, 4.69) is 98.3 Å². The van der Waals surface area contributed by atoms with Gasteiger partial charge in [-0.05, 0) is 29.1 Å². The van der Waals surface area contributed by atoms with E-state index in [1.807, 2.05) is 14.1 Å². The summed E-state index contributed by atoms with van der Waals surface area (Å²) >= 11 is 0. The summed E-state index contributed by atoms with van der Waals surface area (Å²) in [6.45, 7) is 1.92. The van der Waals surface area contributed by atoms with Crippen LogP contribution in [0.25, 0.3) is 0 Å². The molecule has 2 radical (unpaired) electrons. The quantitative estimate of drug-likeness (QED) is 0.430. The number of benzene rings is 4. The molecule has 0 amide bonds. The SMILES string of the molecule is C[B]c1ccc(F)cc1.[B](c1ccccc1)C(c1ccccc1)c1ccccc1. The normalized spacial score (nSPS) is 10.0. The highest BCUT2D eigenvalue weighted by Crippen LogP contribution is 2.23. The van der Waals surface area contributed by atoms with Crippen LogP contribution in [0.2, 0.25) is 6.82 Å². The first-order valence-corrected chi connectivity index (χ1v) is 9.81. The Morgan fingerprint density at radius 2 is 1.00 bits per heavy atom. The maximum Gasteiger partial charge on any atom is 0.166 e. The molecule has 0 heterocycles. The van der Waals surface area contributed by atoms with Gasteiger partial charge in [0.2, 0.25) is 0 Å². The maximum absolute atomic E-state index is 12.2. The lowest BCUT2D eigenvalue weighted by Gasteiger charge is -2.17. The van der Waals surface area contributed by atoms with E-state index in [9.17, 15) is 4.39 Å². The van der Waals surface area contributed by atoms with Crippen LogP contribution in [0.5, 0.6) is 0 Å². The summed E-state index contributed by atoms with van der Waals surface area (Å²) in [4.78, 5) is 0. The summed E-state index contributed by atoms with van der Waals surface area (Å²) in [6, 6.07) is 38.2. The lowest BCUT2D eigenvalue weighted by atomic mass is 9.54. The number of rotatable bonds is 5. The van der Waals surface area contributed by atoms with Gasteiger partial charge in [0.05, 0.1) is 0 Å². The van der Waals surface area contributed by atoms with Crippen molar-refractivity contribution in [2.75, 3.05) is 0 Å². The van der Waals surface area contributed by atoms with Crippen molar-refractivity contribution in [3.63, 3.8) is 0 Å². The molecule has 0 bridgehead atoms. The first-order chi connectivity index (χ1) is 14.3. The molecule has 0 aliphatic carbocycles. The standard InChI is InChI=1S/C19H16B.C7H7BF/c1-4-10-16(11-5-1)19(17-12-6-2-7-13-17)20-18-14-8-3-9-15-18;1-8-6-2-4-7(9)5-3-6/h1-15,19H;2-5H,1H3. The van der Waals surface area contributed by atoms with Gasteiger partial charge >= 0.3 is 0 Å². The number of hydrogen-bond acceptors (Lipinski definition) is 0. The number of hydrogen-bond donors (Lipinski definition) is 0. The van der Waals surface area contributed by atoms with Crippen LogP contribution in [0, 0.1) is 5.82 Å². The molecule has 3 heteroatoms. The van der Waals surface area contributed by atoms with Crippen molar-refractivity contribution in [1.82, 2.24) is 0 Å². The van der Waals surface area contributed by atoms with E-state index in [0.29, 0.717) is 5.82 Å². The minimum Gasteiger partial charge on any atom is -0.207 e. The molecule has 0 saturated heterocycles. The van der Waals surface area contributed by atoms with Crippen molar-refractivity contribution in [1.29, 1.82) is 0 Å². The summed E-state index contributed by atoms with van der Waals surface area (Å²) in [5, 5.41) is 0. The maximum atomic E-state index is 12.2. The van der Waals surface area contributed by atoms with E-state index in [1.165, 1.54) is 28.7 Å². The van der Waals surface area contributed by atoms with Crippen molar-refractivity contribution in [3.05, 3.63) is 132 Å². The third kappa shape index (κ3) is 6.50. The van der Waals surface area contributed by atoms with Gasteiger partial charge in [-0.2, -0.15) is 0 Å². The molecule has 0 N–H and O–H groups in total. The van der Waals surface area contributed by atoms with Gasteiger partial charge in [-0.15, -0.1) is 0 Å². The average Bonchev–Trinajstić information content (AvgIpc) is 2.80. The van der Waals surface area contributed by atoms with Crippen molar-refractivity contribution >= 4 is 25.5 Å². The molecule has 0 aromatic heterocycles. The van der Waals surface area contributed by atoms with Gasteiger partial charge in [-0.1, -0.05) is 121 Å². The molecule has 0 spiro atoms. The molecule has 4 aromatic rings. The number of halogens is 1. The van der Waals surface area contributed by atoms with Gasteiger partial charge in [0.25, 0.3) is 0 Å². The molecular weight excluding hydrogens is 353 g/mol. The Balaban J connectivity index is 0.000000224. The van der Waals surface area contributed by atoms with E-state index in [-0.39, 0.29) is 5.82 Å². The van der Waals surface area contributed by atoms with Gasteiger partial charge < -0.3 is 0 Å². The van der Waals surface area contributed by atoms with Crippen LogP contribution in [0.15, 0.2) is 115 Å². The van der Waals surface area contributed by atoms with Crippen LogP contribution in [0.4, 0.5) is 4.39 Å². The second kappa shape index (κ2) is 11.1. The minimum atomic E-state index is -0.180. The molecule has 0 nitrogen and oxygen atoms in total. The van der Waals surface area contributed by atoms with E-state index in [4.69, 9.17) is 0 Å². The fourth-order valence-corrected chi connectivity index (χ4v) is 3.12. The van der Waals surface area contributed by atoms with Crippen LogP contribution in [0.3, 0.4) is 0 Å². The van der Waals surface area contributed by atoms with Crippen molar-refractivity contribution in [2.45, 2.75) is 12.6 Å². The van der Waals surface area contributed by atoms with Crippen LogP contribution < -0.4 is 10.9 Å². The molecule has 0 aliphatic rings. The summed E-state index contributed by atoms with van der Waals surface area (Å²) in [5.41, 5.74) is 4.95. The molecule has 0 fully saturated rings. The smallest absolute Gasteiger partial charge is 0.166 e. The lowest BCUT2D eigenvalue weighted by molar-refractivity contribution is 0.628. The average molecular weight is 376 g/mol. The highest BCUT2D eigenvalue weighted by atomic mass is 19.1. The van der Waals surface area contributed by atoms with Crippen LogP contribution in [-0.2, 0) is 0 Å². The van der Waals surface area contributed by atoms with E-state index < -0.39 is 0 Å². The summed E-state index contributed by atoms with van der Waals surface area (Å²) in [7, 11) is 4.25. The zero-order chi connectivity index (χ0) is 20.3. The van der Waals surface area contributed by atoms with E-state index in [0.717, 1.165) is 5.46 Å². The third-order valence-corrected chi connectivity index (χ3v) is 4.68. The zero-order valence-electron chi connectivity index (χ0n) is 16.6. The van der Waals surface area contributed by atoms with Crippen LogP contribution in [0.1, 0.15) is 16.9 Å². The fraction of sp³-hybridized carbons (Fsp3) is 0.0769. The van der Waals surface area contributed by atoms with Crippen LogP contribution in [-0.4, -0.2) is 14.6 Å². The second-order valence-electron chi connectivity index (χ2n) is 6.72. The van der Waals surface area contributed by atoms with Crippen molar-refractivity contribution < 1.29 is 4.39 Å². The summed E-state index contributed by atoms with van der Waals surface area (Å²) in [6.07, 6.45) is 0. The molecule has 0 unspecified atom stereocenters. The highest BCUT2D eigenvalue weighted by Gasteiger charge is 2.15. The lowest BCUT2D eigenvalue weighted by Crippen LogP contribution is -2.22. The molecule has 4 rings (SSSR count). The van der Waals surface area contributed by atoms with Crippen molar-refractivity contribution in [3.8, 4) is 0 Å².